The predicted molar refractivity (Wildman–Crippen MR) is 144 cm³/mol. The van der Waals surface area contributed by atoms with E-state index in [-0.39, 0.29) is 42.3 Å². The minimum absolute atomic E-state index is 0. The molecule has 4 rings (SSSR count). The van der Waals surface area contributed by atoms with Crippen molar-refractivity contribution in [3.8, 4) is 0 Å². The lowest BCUT2D eigenvalue weighted by Gasteiger charge is -2.33. The zero-order valence-electron chi connectivity index (χ0n) is 20.8. The molecular weight excluding hydrogens is 536 g/mol. The number of amides is 2. The molecule has 14 heteroatoms. The van der Waals surface area contributed by atoms with Crippen LogP contribution < -0.4 is 15.8 Å². The van der Waals surface area contributed by atoms with Crippen LogP contribution in [0, 0.1) is 5.41 Å². The molecule has 2 saturated heterocycles. The Hall–Kier alpha value is -2.97. The number of morpholine rings is 2. The van der Waals surface area contributed by atoms with Gasteiger partial charge in [0.05, 0.1) is 37.2 Å². The maximum absolute atomic E-state index is 13.3. The lowest BCUT2D eigenvalue weighted by molar-refractivity contribution is -0.139. The number of carbonyl (C=O) groups excluding carboxylic acids is 2. The van der Waals surface area contributed by atoms with Gasteiger partial charge in [-0.2, -0.15) is 4.72 Å². The topological polar surface area (TPSA) is 167 Å². The zero-order valence-corrected chi connectivity index (χ0v) is 22.4. The van der Waals surface area contributed by atoms with E-state index in [2.05, 4.69) is 10.0 Å². The number of sulfonamides is 1. The van der Waals surface area contributed by atoms with Crippen LogP contribution in [-0.2, 0) is 29.1 Å². The van der Waals surface area contributed by atoms with E-state index in [0.717, 1.165) is 10.8 Å². The number of ether oxygens (including phenoxy) is 2. The van der Waals surface area contributed by atoms with Crippen LogP contribution in [-0.4, -0.2) is 101 Å². The van der Waals surface area contributed by atoms with Crippen molar-refractivity contribution in [1.29, 1.82) is 5.41 Å². The molecule has 0 bridgehead atoms. The number of halogens is 1. The molecule has 0 radical (unpaired) electrons. The number of nitrogens with two attached hydrogens (primary N) is 1. The SMILES string of the molecule is Cl.N=C(N)N1CCOC(CNC(=O)CC(NS(=O)(=O)c2ccc3ccccc3c2)C(=O)N2CCOCC2)C1. The molecule has 12 nitrogen and oxygen atoms in total. The Morgan fingerprint density at radius 3 is 2.45 bits per heavy atom. The van der Waals surface area contributed by atoms with Crippen molar-refractivity contribution < 1.29 is 27.5 Å². The number of nitrogens with zero attached hydrogens (tertiary/aromatic N) is 2. The second-order valence-corrected chi connectivity index (χ2v) is 10.7. The maximum Gasteiger partial charge on any atom is 0.241 e. The van der Waals surface area contributed by atoms with Crippen LogP contribution in [0.15, 0.2) is 47.4 Å². The summed E-state index contributed by atoms with van der Waals surface area (Å²) in [6.07, 6.45) is -0.768. The molecule has 2 aliphatic heterocycles. The van der Waals surface area contributed by atoms with Crippen LogP contribution in [0.2, 0.25) is 0 Å². The van der Waals surface area contributed by atoms with E-state index in [1.165, 1.54) is 17.0 Å². The third-order valence-corrected chi connectivity index (χ3v) is 7.81. The van der Waals surface area contributed by atoms with Crippen LogP contribution in [0.3, 0.4) is 0 Å². The minimum Gasteiger partial charge on any atom is -0.378 e. The summed E-state index contributed by atoms with van der Waals surface area (Å²) in [5.74, 6) is -1.06. The van der Waals surface area contributed by atoms with Gasteiger partial charge in [0.25, 0.3) is 0 Å². The van der Waals surface area contributed by atoms with Crippen molar-refractivity contribution in [2.45, 2.75) is 23.5 Å². The fourth-order valence-electron chi connectivity index (χ4n) is 4.32. The van der Waals surface area contributed by atoms with Crippen LogP contribution in [0.1, 0.15) is 6.42 Å². The van der Waals surface area contributed by atoms with Gasteiger partial charge in [0.15, 0.2) is 5.96 Å². The predicted octanol–water partition coefficient (Wildman–Crippen LogP) is -0.132. The first-order chi connectivity index (χ1) is 17.7. The molecule has 38 heavy (non-hydrogen) atoms. The van der Waals surface area contributed by atoms with Crippen LogP contribution in [0.4, 0.5) is 0 Å². The molecule has 2 amide bonds. The summed E-state index contributed by atoms with van der Waals surface area (Å²) in [6.45, 7) is 2.65. The third kappa shape index (κ3) is 7.54. The molecule has 0 aromatic heterocycles. The zero-order chi connectivity index (χ0) is 26.4. The van der Waals surface area contributed by atoms with E-state index < -0.39 is 27.9 Å². The van der Waals surface area contributed by atoms with Crippen molar-refractivity contribution in [3.05, 3.63) is 42.5 Å². The normalized spacial score (nSPS) is 18.9. The van der Waals surface area contributed by atoms with Gasteiger partial charge in [-0.05, 0) is 22.9 Å². The van der Waals surface area contributed by atoms with Gasteiger partial charge in [-0.15, -0.1) is 12.4 Å². The molecule has 2 atom stereocenters. The van der Waals surface area contributed by atoms with Crippen molar-refractivity contribution in [2.24, 2.45) is 5.73 Å². The lowest BCUT2D eigenvalue weighted by atomic mass is 10.1. The highest BCUT2D eigenvalue weighted by Gasteiger charge is 2.32. The highest BCUT2D eigenvalue weighted by molar-refractivity contribution is 7.89. The van der Waals surface area contributed by atoms with Gasteiger partial charge in [0, 0.05) is 32.7 Å². The summed E-state index contributed by atoms with van der Waals surface area (Å²) < 4.78 is 39.9. The van der Waals surface area contributed by atoms with E-state index in [4.69, 9.17) is 20.6 Å². The summed E-state index contributed by atoms with van der Waals surface area (Å²) in [4.78, 5) is 29.2. The largest absolute Gasteiger partial charge is 0.378 e. The highest BCUT2D eigenvalue weighted by atomic mass is 35.5. The number of guanidine groups is 1. The van der Waals surface area contributed by atoms with Gasteiger partial charge in [-0.3, -0.25) is 15.0 Å². The second-order valence-electron chi connectivity index (χ2n) is 8.95. The molecule has 0 saturated carbocycles. The second kappa shape index (κ2) is 13.2. The number of carbonyl (C=O) groups is 2. The molecule has 0 aliphatic carbocycles. The smallest absolute Gasteiger partial charge is 0.241 e. The number of rotatable bonds is 8. The van der Waals surface area contributed by atoms with Gasteiger partial charge >= 0.3 is 0 Å². The summed E-state index contributed by atoms with van der Waals surface area (Å²) in [5, 5.41) is 11.9. The van der Waals surface area contributed by atoms with Crippen molar-refractivity contribution in [1.82, 2.24) is 19.8 Å². The number of hydrogen-bond acceptors (Lipinski definition) is 7. The summed E-state index contributed by atoms with van der Waals surface area (Å²) >= 11 is 0. The number of hydrogen-bond donors (Lipinski definition) is 4. The van der Waals surface area contributed by atoms with E-state index in [9.17, 15) is 18.0 Å². The van der Waals surface area contributed by atoms with E-state index in [1.807, 2.05) is 18.2 Å². The van der Waals surface area contributed by atoms with Gasteiger partial charge in [0.2, 0.25) is 21.8 Å². The quantitative estimate of drug-likeness (QED) is 0.252. The molecule has 2 unspecified atom stereocenters. The first-order valence-corrected chi connectivity index (χ1v) is 13.6. The summed E-state index contributed by atoms with van der Waals surface area (Å²) in [7, 11) is -4.11. The Labute approximate surface area is 227 Å². The standard InChI is InChI=1S/C24H32N6O6S.ClH/c25-24(26)30-9-12-36-19(16-30)15-27-22(31)14-21(23(32)29-7-10-35-11-8-29)28-37(33,34)20-6-5-17-3-1-2-4-18(17)13-20;/h1-6,13,19,21,28H,7-12,14-16H2,(H3,25,26)(H,27,31);1H. The third-order valence-electron chi connectivity index (χ3n) is 6.35. The molecule has 208 valence electrons. The minimum atomic E-state index is -4.11. The molecule has 2 fully saturated rings. The van der Waals surface area contributed by atoms with Gasteiger partial charge < -0.3 is 30.3 Å². The Morgan fingerprint density at radius 1 is 1.05 bits per heavy atom. The molecule has 5 N–H and O–H groups in total. The van der Waals surface area contributed by atoms with E-state index in [1.54, 1.807) is 17.0 Å². The Bertz CT molecular complexity index is 1260. The van der Waals surface area contributed by atoms with Gasteiger partial charge in [0.1, 0.15) is 6.04 Å². The van der Waals surface area contributed by atoms with Gasteiger partial charge in [-0.1, -0.05) is 30.3 Å². The monoisotopic (exact) mass is 568 g/mol. The summed E-state index contributed by atoms with van der Waals surface area (Å²) in [5.41, 5.74) is 5.54. The molecule has 2 aliphatic rings. The fraction of sp³-hybridized carbons (Fsp3) is 0.458. The first kappa shape index (κ1) is 29.6. The number of benzene rings is 2. The molecule has 0 spiro atoms. The lowest BCUT2D eigenvalue weighted by Crippen LogP contribution is -2.54. The van der Waals surface area contributed by atoms with Crippen molar-refractivity contribution >= 4 is 51.0 Å². The summed E-state index contributed by atoms with van der Waals surface area (Å²) in [6, 6.07) is 10.8. The van der Waals surface area contributed by atoms with Crippen LogP contribution >= 0.6 is 12.4 Å². The van der Waals surface area contributed by atoms with Crippen molar-refractivity contribution in [2.75, 3.05) is 52.5 Å². The van der Waals surface area contributed by atoms with E-state index >= 15 is 0 Å². The molecule has 2 aromatic carbocycles. The maximum atomic E-state index is 13.3. The first-order valence-electron chi connectivity index (χ1n) is 12.1. The Morgan fingerprint density at radius 2 is 1.74 bits per heavy atom. The van der Waals surface area contributed by atoms with Crippen LogP contribution in [0.25, 0.3) is 10.8 Å². The average Bonchev–Trinajstić information content (AvgIpc) is 2.91. The fourth-order valence-corrected chi connectivity index (χ4v) is 5.54. The Kier molecular flexibility index (Phi) is 10.3. The van der Waals surface area contributed by atoms with E-state index in [0.29, 0.717) is 46.0 Å². The average molecular weight is 569 g/mol. The Balaban J connectivity index is 0.00000400. The van der Waals surface area contributed by atoms with Crippen LogP contribution in [0.5, 0.6) is 0 Å². The molecular formula is C24H33ClN6O6S. The van der Waals surface area contributed by atoms with Crippen molar-refractivity contribution in [3.63, 3.8) is 0 Å². The van der Waals surface area contributed by atoms with Gasteiger partial charge in [-0.25, -0.2) is 8.42 Å². The molecule has 2 aromatic rings. The molecule has 2 heterocycles. The highest BCUT2D eigenvalue weighted by Crippen LogP contribution is 2.20. The number of nitrogens with one attached hydrogen (secondary N) is 3. The number of fused-ring (bicyclic) bond motifs is 1.